The van der Waals surface area contributed by atoms with E-state index in [4.69, 9.17) is 0 Å². The molecule has 0 bridgehead atoms. The maximum atomic E-state index is 13.1. The highest BCUT2D eigenvalue weighted by Crippen LogP contribution is 2.37. The smallest absolute Gasteiger partial charge is 0.251 e. The van der Waals surface area contributed by atoms with Gasteiger partial charge in [0.15, 0.2) is 0 Å². The molecule has 1 N–H and O–H groups in total. The van der Waals surface area contributed by atoms with Crippen LogP contribution in [0.5, 0.6) is 0 Å². The van der Waals surface area contributed by atoms with E-state index in [0.717, 1.165) is 17.7 Å². The van der Waals surface area contributed by atoms with E-state index in [9.17, 15) is 14.4 Å². The van der Waals surface area contributed by atoms with Crippen molar-refractivity contribution in [3.8, 4) is 0 Å². The van der Waals surface area contributed by atoms with Gasteiger partial charge in [0.2, 0.25) is 5.91 Å². The van der Waals surface area contributed by atoms with Gasteiger partial charge < -0.3 is 15.1 Å². The highest BCUT2D eigenvalue weighted by Gasteiger charge is 2.42. The molecule has 0 aromatic heterocycles. The molecule has 1 saturated heterocycles. The molecule has 3 rings (SSSR count). The first-order chi connectivity index (χ1) is 15.9. The molecule has 0 unspecified atom stereocenters. The van der Waals surface area contributed by atoms with Gasteiger partial charge in [-0.1, -0.05) is 43.3 Å². The Morgan fingerprint density at radius 3 is 2.30 bits per heavy atom. The third-order valence-electron chi connectivity index (χ3n) is 6.56. The van der Waals surface area contributed by atoms with Crippen LogP contribution in [0, 0.1) is 0 Å². The molecule has 6 heteroatoms. The second-order valence-corrected chi connectivity index (χ2v) is 8.95. The molecular weight excluding hydrogens is 414 g/mol. The predicted molar refractivity (Wildman–Crippen MR) is 132 cm³/mol. The lowest BCUT2D eigenvalue weighted by Gasteiger charge is -2.41. The van der Waals surface area contributed by atoms with Crippen molar-refractivity contribution in [1.82, 2.24) is 10.2 Å². The van der Waals surface area contributed by atoms with Gasteiger partial charge in [-0.3, -0.25) is 14.4 Å². The summed E-state index contributed by atoms with van der Waals surface area (Å²) in [7, 11) is 3.85. The number of piperidine rings is 1. The summed E-state index contributed by atoms with van der Waals surface area (Å²) in [4.78, 5) is 42.1. The summed E-state index contributed by atoms with van der Waals surface area (Å²) in [6.07, 6.45) is 2.92. The first kappa shape index (κ1) is 24.5. The lowest BCUT2D eigenvalue weighted by atomic mass is 9.68. The number of benzene rings is 2. The van der Waals surface area contributed by atoms with Crippen LogP contribution in [-0.4, -0.2) is 56.2 Å². The summed E-state index contributed by atoms with van der Waals surface area (Å²) >= 11 is 0. The van der Waals surface area contributed by atoms with E-state index in [0.29, 0.717) is 44.5 Å². The minimum absolute atomic E-state index is 0.0157. The average Bonchev–Trinajstić information content (AvgIpc) is 2.84. The Kier molecular flexibility index (Phi) is 8.26. The molecule has 0 spiro atoms. The lowest BCUT2D eigenvalue weighted by molar-refractivity contribution is -0.136. The number of carbonyl (C=O) groups is 3. The Hall–Kier alpha value is -3.15. The zero-order chi connectivity index (χ0) is 23.8. The molecule has 0 aliphatic carbocycles. The van der Waals surface area contributed by atoms with Crippen LogP contribution in [0.15, 0.2) is 54.6 Å². The molecule has 2 aromatic rings. The summed E-state index contributed by atoms with van der Waals surface area (Å²) in [6, 6.07) is 17.4. The molecular formula is C27H35N3O3. The van der Waals surface area contributed by atoms with E-state index in [1.807, 2.05) is 79.3 Å². The third-order valence-corrected chi connectivity index (χ3v) is 6.56. The number of hydrogen-bond acceptors (Lipinski definition) is 4. The van der Waals surface area contributed by atoms with E-state index in [-0.39, 0.29) is 24.0 Å². The van der Waals surface area contributed by atoms with Crippen LogP contribution in [0.3, 0.4) is 0 Å². The second-order valence-electron chi connectivity index (χ2n) is 8.95. The maximum absolute atomic E-state index is 13.1. The molecule has 2 amide bonds. The number of carbonyl (C=O) groups excluding carboxylic acids is 3. The summed E-state index contributed by atoms with van der Waals surface area (Å²) in [6.45, 7) is 3.43. The number of Topliss-reactive ketones (excluding diaryl/α,β-unsaturated/α-hetero) is 1. The summed E-state index contributed by atoms with van der Waals surface area (Å²) < 4.78 is 0. The summed E-state index contributed by atoms with van der Waals surface area (Å²) in [5.74, 6) is 0.107. The first-order valence-electron chi connectivity index (χ1n) is 11.8. The fourth-order valence-corrected chi connectivity index (χ4v) is 4.56. The van der Waals surface area contributed by atoms with Crippen molar-refractivity contribution in [1.29, 1.82) is 0 Å². The molecule has 0 atom stereocenters. The molecule has 176 valence electrons. The van der Waals surface area contributed by atoms with Gasteiger partial charge in [0, 0.05) is 57.8 Å². The van der Waals surface area contributed by atoms with Crippen LogP contribution >= 0.6 is 0 Å². The van der Waals surface area contributed by atoms with Crippen molar-refractivity contribution < 1.29 is 14.4 Å². The molecule has 1 heterocycles. The maximum Gasteiger partial charge on any atom is 0.251 e. The minimum atomic E-state index is -0.500. The first-order valence-corrected chi connectivity index (χ1v) is 11.8. The molecule has 1 aliphatic heterocycles. The van der Waals surface area contributed by atoms with E-state index in [1.165, 1.54) is 0 Å². The standard InChI is InChI=1S/C27H35N3O3/c1-4-9-24(31)27(22-11-6-5-7-12-22)15-18-30(19-16-27)25(32)14-17-28-26(33)21-10-8-13-23(20-21)29(2)3/h5-8,10-13,20H,4,9,14-19H2,1-3H3,(H,28,33). The van der Waals surface area contributed by atoms with Gasteiger partial charge in [-0.15, -0.1) is 0 Å². The highest BCUT2D eigenvalue weighted by atomic mass is 16.2. The molecule has 6 nitrogen and oxygen atoms in total. The quantitative estimate of drug-likeness (QED) is 0.632. The Morgan fingerprint density at radius 1 is 0.970 bits per heavy atom. The number of amides is 2. The van der Waals surface area contributed by atoms with Crippen LogP contribution < -0.4 is 10.2 Å². The SMILES string of the molecule is CCCC(=O)C1(c2ccccc2)CCN(C(=O)CCNC(=O)c2cccc(N(C)C)c2)CC1. The van der Waals surface area contributed by atoms with Crippen LogP contribution in [0.25, 0.3) is 0 Å². The van der Waals surface area contributed by atoms with Crippen molar-refractivity contribution in [2.75, 3.05) is 38.6 Å². The highest BCUT2D eigenvalue weighted by molar-refractivity contribution is 5.95. The number of anilines is 1. The monoisotopic (exact) mass is 449 g/mol. The predicted octanol–water partition coefficient (Wildman–Crippen LogP) is 3.80. The van der Waals surface area contributed by atoms with E-state index >= 15 is 0 Å². The third kappa shape index (κ3) is 5.81. The zero-order valence-electron chi connectivity index (χ0n) is 20.0. The largest absolute Gasteiger partial charge is 0.378 e. The Morgan fingerprint density at radius 2 is 1.67 bits per heavy atom. The number of nitrogens with one attached hydrogen (secondary N) is 1. The normalized spacial score (nSPS) is 15.1. The van der Waals surface area contributed by atoms with Gasteiger partial charge in [0.25, 0.3) is 5.91 Å². The molecule has 33 heavy (non-hydrogen) atoms. The molecule has 1 fully saturated rings. The topological polar surface area (TPSA) is 69.7 Å². The van der Waals surface area contributed by atoms with Gasteiger partial charge in [0.05, 0.1) is 5.41 Å². The fourth-order valence-electron chi connectivity index (χ4n) is 4.56. The van der Waals surface area contributed by atoms with Crippen molar-refractivity contribution in [3.63, 3.8) is 0 Å². The Balaban J connectivity index is 1.55. The van der Waals surface area contributed by atoms with Crippen molar-refractivity contribution in [3.05, 3.63) is 65.7 Å². The van der Waals surface area contributed by atoms with Crippen LogP contribution in [0.4, 0.5) is 5.69 Å². The molecule has 1 aliphatic rings. The van der Waals surface area contributed by atoms with Crippen molar-refractivity contribution in [2.24, 2.45) is 0 Å². The molecule has 0 saturated carbocycles. The Bertz CT molecular complexity index is 964. The van der Waals surface area contributed by atoms with E-state index < -0.39 is 5.41 Å². The second kappa shape index (κ2) is 11.1. The van der Waals surface area contributed by atoms with Gasteiger partial charge in [-0.25, -0.2) is 0 Å². The van der Waals surface area contributed by atoms with Crippen LogP contribution in [0.2, 0.25) is 0 Å². The van der Waals surface area contributed by atoms with E-state index in [2.05, 4.69) is 5.32 Å². The molecule has 0 radical (unpaired) electrons. The lowest BCUT2D eigenvalue weighted by Crippen LogP contribution is -2.49. The van der Waals surface area contributed by atoms with Crippen LogP contribution in [-0.2, 0) is 15.0 Å². The number of likely N-dealkylation sites (tertiary alicyclic amines) is 1. The van der Waals surface area contributed by atoms with Crippen molar-refractivity contribution >= 4 is 23.3 Å². The number of nitrogens with zero attached hydrogens (tertiary/aromatic N) is 2. The van der Waals surface area contributed by atoms with Crippen molar-refractivity contribution in [2.45, 2.75) is 44.4 Å². The summed E-state index contributed by atoms with van der Waals surface area (Å²) in [5.41, 5.74) is 2.09. The average molecular weight is 450 g/mol. The van der Waals surface area contributed by atoms with Gasteiger partial charge in [0.1, 0.15) is 5.78 Å². The van der Waals surface area contributed by atoms with Crippen LogP contribution in [0.1, 0.15) is 54.9 Å². The summed E-state index contributed by atoms with van der Waals surface area (Å²) in [5, 5.41) is 2.85. The number of rotatable bonds is 9. The fraction of sp³-hybridized carbons (Fsp3) is 0.444. The Labute approximate surface area is 197 Å². The zero-order valence-corrected chi connectivity index (χ0v) is 20.0. The number of hydrogen-bond donors (Lipinski definition) is 1. The van der Waals surface area contributed by atoms with Gasteiger partial charge in [-0.05, 0) is 43.0 Å². The molecule has 2 aromatic carbocycles. The van der Waals surface area contributed by atoms with Gasteiger partial charge in [-0.2, -0.15) is 0 Å². The number of ketones is 1. The van der Waals surface area contributed by atoms with Gasteiger partial charge >= 0.3 is 0 Å². The van der Waals surface area contributed by atoms with E-state index in [1.54, 1.807) is 6.07 Å². The minimum Gasteiger partial charge on any atom is -0.378 e.